The third-order valence-electron chi connectivity index (χ3n) is 9.50. The molecule has 0 aromatic carbocycles. The van der Waals surface area contributed by atoms with Crippen molar-refractivity contribution in [2.24, 2.45) is 5.73 Å². The van der Waals surface area contributed by atoms with E-state index in [-0.39, 0.29) is 32.3 Å². The third kappa shape index (κ3) is 46.5. The van der Waals surface area contributed by atoms with Crippen LogP contribution in [0.2, 0.25) is 0 Å². The standard InChI is InChI=1S/C51H88NO7P/c1-3-5-7-9-11-13-15-17-19-21-22-23-24-25-26-27-29-31-33-35-37-39-41-43-46-56-48-50(49-58-60(54,55)57-47-45-52)59-51(53)44-42-40-38-36-34-32-30-28-20-18-16-14-12-10-8-6-4-2/h5-8,11-14,17-20,22-23,25-26,50H,3-4,9-10,15-16,21,24,27-49,52H2,1-2H3,(H,54,55)/b7-5-,8-6-,13-11-,14-12-,19-17-,20-18-,23-22-,26-25-. The van der Waals surface area contributed by atoms with Gasteiger partial charge in [-0.25, -0.2) is 4.57 Å². The van der Waals surface area contributed by atoms with Gasteiger partial charge < -0.3 is 20.1 Å². The van der Waals surface area contributed by atoms with Crippen molar-refractivity contribution in [3.63, 3.8) is 0 Å². The van der Waals surface area contributed by atoms with Crippen molar-refractivity contribution in [1.29, 1.82) is 0 Å². The summed E-state index contributed by atoms with van der Waals surface area (Å²) in [7, 11) is -4.29. The van der Waals surface area contributed by atoms with Crippen molar-refractivity contribution in [3.05, 3.63) is 97.2 Å². The Morgan fingerprint density at radius 2 is 0.883 bits per heavy atom. The molecule has 344 valence electrons. The Kier molecular flexibility index (Phi) is 45.4. The molecule has 0 aliphatic rings. The summed E-state index contributed by atoms with van der Waals surface area (Å²) in [6.07, 6.45) is 62.9. The SMILES string of the molecule is CC/C=C\C/C=C\C/C=C\C/C=C\C/C=C\CCCCCCCCCCOCC(COP(=O)(O)OCCN)OC(=O)CCCCCCCCC/C=C\C/C=C\C/C=C\CC. The minimum Gasteiger partial charge on any atom is -0.457 e. The normalized spacial score (nSPS) is 14.3. The Morgan fingerprint density at radius 1 is 0.500 bits per heavy atom. The molecule has 3 N–H and O–H groups in total. The fraction of sp³-hybridized carbons (Fsp3) is 0.667. The van der Waals surface area contributed by atoms with E-state index >= 15 is 0 Å². The first kappa shape index (κ1) is 57.4. The topological polar surface area (TPSA) is 117 Å². The molecule has 0 spiro atoms. The lowest BCUT2D eigenvalue weighted by Crippen LogP contribution is -2.28. The fourth-order valence-electron chi connectivity index (χ4n) is 6.10. The first-order chi connectivity index (χ1) is 29.4. The van der Waals surface area contributed by atoms with Crippen molar-refractivity contribution >= 4 is 13.8 Å². The first-order valence-electron chi connectivity index (χ1n) is 23.7. The minimum atomic E-state index is -4.29. The second-order valence-electron chi connectivity index (χ2n) is 15.2. The number of phosphoric acid groups is 1. The number of phosphoric ester groups is 1. The van der Waals surface area contributed by atoms with Crippen LogP contribution < -0.4 is 5.73 Å². The molecule has 0 saturated carbocycles. The van der Waals surface area contributed by atoms with Crippen LogP contribution in [0.1, 0.15) is 181 Å². The molecule has 0 rings (SSSR count). The Morgan fingerprint density at radius 3 is 1.32 bits per heavy atom. The number of hydrogen-bond donors (Lipinski definition) is 2. The van der Waals surface area contributed by atoms with Gasteiger partial charge in [0.2, 0.25) is 0 Å². The van der Waals surface area contributed by atoms with Gasteiger partial charge in [-0.3, -0.25) is 13.8 Å². The van der Waals surface area contributed by atoms with Crippen LogP contribution in [-0.2, 0) is 27.9 Å². The van der Waals surface area contributed by atoms with Crippen molar-refractivity contribution in [2.75, 3.05) is 33.0 Å². The van der Waals surface area contributed by atoms with Gasteiger partial charge in [-0.1, -0.05) is 182 Å². The lowest BCUT2D eigenvalue weighted by molar-refractivity contribution is -0.154. The van der Waals surface area contributed by atoms with E-state index in [4.69, 9.17) is 24.3 Å². The lowest BCUT2D eigenvalue weighted by atomic mass is 10.1. The van der Waals surface area contributed by atoms with Gasteiger partial charge in [0, 0.05) is 19.6 Å². The van der Waals surface area contributed by atoms with E-state index in [1.165, 1.54) is 57.8 Å². The Balaban J connectivity index is 4.03. The van der Waals surface area contributed by atoms with Crippen molar-refractivity contribution in [1.82, 2.24) is 0 Å². The molecule has 9 heteroatoms. The van der Waals surface area contributed by atoms with Gasteiger partial charge in [-0.05, 0) is 89.9 Å². The molecule has 0 amide bonds. The second-order valence-corrected chi connectivity index (χ2v) is 16.7. The van der Waals surface area contributed by atoms with Crippen LogP contribution in [0.5, 0.6) is 0 Å². The molecule has 0 radical (unpaired) electrons. The molecular weight excluding hydrogens is 770 g/mol. The maximum absolute atomic E-state index is 12.6. The van der Waals surface area contributed by atoms with E-state index in [1.54, 1.807) is 0 Å². The smallest absolute Gasteiger partial charge is 0.457 e. The predicted octanol–water partition coefficient (Wildman–Crippen LogP) is 14.6. The summed E-state index contributed by atoms with van der Waals surface area (Å²) in [5, 5.41) is 0. The molecule has 0 saturated heterocycles. The summed E-state index contributed by atoms with van der Waals surface area (Å²) in [5.41, 5.74) is 5.38. The van der Waals surface area contributed by atoms with E-state index < -0.39 is 13.9 Å². The number of carbonyl (C=O) groups is 1. The third-order valence-corrected chi connectivity index (χ3v) is 10.5. The summed E-state index contributed by atoms with van der Waals surface area (Å²) in [4.78, 5) is 22.5. The summed E-state index contributed by atoms with van der Waals surface area (Å²) in [6, 6.07) is 0. The first-order valence-corrected chi connectivity index (χ1v) is 25.2. The van der Waals surface area contributed by atoms with Gasteiger partial charge in [0.05, 0.1) is 19.8 Å². The van der Waals surface area contributed by atoms with E-state index in [0.717, 1.165) is 103 Å². The van der Waals surface area contributed by atoms with Gasteiger partial charge in [0.1, 0.15) is 6.10 Å². The molecule has 0 aliphatic heterocycles. The van der Waals surface area contributed by atoms with Crippen LogP contribution in [0, 0.1) is 0 Å². The molecule has 0 aromatic heterocycles. The molecule has 2 atom stereocenters. The lowest BCUT2D eigenvalue weighted by Gasteiger charge is -2.20. The molecule has 0 bridgehead atoms. The highest BCUT2D eigenvalue weighted by molar-refractivity contribution is 7.47. The number of unbranched alkanes of at least 4 members (excludes halogenated alkanes) is 15. The fourth-order valence-corrected chi connectivity index (χ4v) is 6.86. The van der Waals surface area contributed by atoms with Crippen LogP contribution in [0.15, 0.2) is 97.2 Å². The summed E-state index contributed by atoms with van der Waals surface area (Å²) >= 11 is 0. The number of ether oxygens (including phenoxy) is 2. The predicted molar refractivity (Wildman–Crippen MR) is 256 cm³/mol. The number of nitrogens with two attached hydrogens (primary N) is 1. The number of allylic oxidation sites excluding steroid dienone is 16. The summed E-state index contributed by atoms with van der Waals surface area (Å²) in [6.45, 7) is 4.65. The highest BCUT2D eigenvalue weighted by atomic mass is 31.2. The largest absolute Gasteiger partial charge is 0.472 e. The van der Waals surface area contributed by atoms with Gasteiger partial charge >= 0.3 is 13.8 Å². The maximum atomic E-state index is 12.6. The minimum absolute atomic E-state index is 0.0917. The second kappa shape index (κ2) is 47.5. The molecule has 2 unspecified atom stereocenters. The summed E-state index contributed by atoms with van der Waals surface area (Å²) < 4.78 is 33.5. The molecule has 0 heterocycles. The number of esters is 1. The highest BCUT2D eigenvalue weighted by Crippen LogP contribution is 2.43. The van der Waals surface area contributed by atoms with Crippen LogP contribution in [0.3, 0.4) is 0 Å². The molecule has 60 heavy (non-hydrogen) atoms. The quantitative estimate of drug-likeness (QED) is 0.0269. The monoisotopic (exact) mass is 858 g/mol. The van der Waals surface area contributed by atoms with Gasteiger partial charge in [-0.15, -0.1) is 0 Å². The number of rotatable bonds is 44. The van der Waals surface area contributed by atoms with Crippen LogP contribution in [-0.4, -0.2) is 49.9 Å². The maximum Gasteiger partial charge on any atom is 0.472 e. The Bertz CT molecular complexity index is 1240. The average Bonchev–Trinajstić information content (AvgIpc) is 3.24. The van der Waals surface area contributed by atoms with E-state index in [2.05, 4.69) is 111 Å². The van der Waals surface area contributed by atoms with E-state index in [0.29, 0.717) is 13.0 Å². The Hall–Kier alpha value is -2.58. The van der Waals surface area contributed by atoms with Crippen LogP contribution in [0.25, 0.3) is 0 Å². The van der Waals surface area contributed by atoms with Crippen LogP contribution in [0.4, 0.5) is 0 Å². The molecule has 0 aromatic rings. The van der Waals surface area contributed by atoms with Gasteiger partial charge in [-0.2, -0.15) is 0 Å². The van der Waals surface area contributed by atoms with E-state index in [9.17, 15) is 14.3 Å². The van der Waals surface area contributed by atoms with Crippen molar-refractivity contribution in [3.8, 4) is 0 Å². The molecule has 0 fully saturated rings. The number of carbonyl (C=O) groups excluding carboxylic acids is 1. The van der Waals surface area contributed by atoms with Gasteiger partial charge in [0.25, 0.3) is 0 Å². The van der Waals surface area contributed by atoms with Crippen LogP contribution >= 0.6 is 7.82 Å². The Labute approximate surface area is 368 Å². The highest BCUT2D eigenvalue weighted by Gasteiger charge is 2.25. The summed E-state index contributed by atoms with van der Waals surface area (Å²) in [5.74, 6) is -0.347. The van der Waals surface area contributed by atoms with Gasteiger partial charge in [0.15, 0.2) is 0 Å². The number of hydrogen-bond acceptors (Lipinski definition) is 7. The van der Waals surface area contributed by atoms with E-state index in [1.807, 2.05) is 0 Å². The zero-order valence-electron chi connectivity index (χ0n) is 38.2. The average molecular weight is 858 g/mol. The van der Waals surface area contributed by atoms with Crippen molar-refractivity contribution in [2.45, 2.75) is 187 Å². The molecule has 0 aliphatic carbocycles. The zero-order chi connectivity index (χ0) is 43.7. The van der Waals surface area contributed by atoms with Crippen molar-refractivity contribution < 1.29 is 32.8 Å². The zero-order valence-corrected chi connectivity index (χ0v) is 39.1. The molecular formula is C51H88NO7P. The molecule has 8 nitrogen and oxygen atoms in total.